The van der Waals surface area contributed by atoms with Gasteiger partial charge in [-0.05, 0) is 37.9 Å². The van der Waals surface area contributed by atoms with Gasteiger partial charge < -0.3 is 14.8 Å². The molecule has 2 heterocycles. The summed E-state index contributed by atoms with van der Waals surface area (Å²) < 4.78 is 2.06. The maximum atomic E-state index is 4.15. The third-order valence-corrected chi connectivity index (χ3v) is 4.17. The minimum absolute atomic E-state index is 0.572. The van der Waals surface area contributed by atoms with E-state index in [4.69, 9.17) is 0 Å². The molecule has 0 amide bonds. The van der Waals surface area contributed by atoms with Crippen LogP contribution in [0.5, 0.6) is 0 Å². The van der Waals surface area contributed by atoms with E-state index in [9.17, 15) is 0 Å². The molecule has 0 aliphatic carbocycles. The number of hydrogen-bond acceptors (Lipinski definition) is 3. The van der Waals surface area contributed by atoms with Crippen molar-refractivity contribution < 1.29 is 0 Å². The summed E-state index contributed by atoms with van der Waals surface area (Å²) in [6.45, 7) is 5.90. The van der Waals surface area contributed by atoms with Gasteiger partial charge in [-0.2, -0.15) is 0 Å². The van der Waals surface area contributed by atoms with Crippen molar-refractivity contribution in [3.8, 4) is 5.69 Å². The monoisotopic (exact) mass is 284 g/mol. The van der Waals surface area contributed by atoms with Crippen LogP contribution in [0.15, 0.2) is 43.0 Å². The number of para-hydroxylation sites is 2. The van der Waals surface area contributed by atoms with Crippen LogP contribution >= 0.6 is 0 Å². The molecule has 1 aliphatic rings. The second kappa shape index (κ2) is 6.76. The number of anilines is 1. The number of nitrogens with one attached hydrogen (secondary N) is 1. The SMILES string of the molecule is CCCN1CCC(Nc2ccccc2-n2ccnc2)CC1. The molecule has 1 aromatic heterocycles. The van der Waals surface area contributed by atoms with E-state index in [2.05, 4.69) is 51.0 Å². The molecule has 0 atom stereocenters. The molecule has 112 valence electrons. The van der Waals surface area contributed by atoms with Crippen molar-refractivity contribution in [1.29, 1.82) is 0 Å². The van der Waals surface area contributed by atoms with Crippen molar-refractivity contribution >= 4 is 5.69 Å². The number of aromatic nitrogens is 2. The third-order valence-electron chi connectivity index (χ3n) is 4.17. The highest BCUT2D eigenvalue weighted by molar-refractivity contribution is 5.61. The third kappa shape index (κ3) is 3.45. The predicted molar refractivity (Wildman–Crippen MR) is 86.9 cm³/mol. The van der Waals surface area contributed by atoms with E-state index in [1.807, 2.05) is 18.7 Å². The molecular formula is C17H24N4. The van der Waals surface area contributed by atoms with E-state index in [0.29, 0.717) is 6.04 Å². The summed E-state index contributed by atoms with van der Waals surface area (Å²) in [7, 11) is 0. The fourth-order valence-electron chi connectivity index (χ4n) is 3.06. The van der Waals surface area contributed by atoms with Crippen LogP contribution in [0.25, 0.3) is 5.69 Å². The molecule has 2 aromatic rings. The van der Waals surface area contributed by atoms with Gasteiger partial charge in [-0.3, -0.25) is 0 Å². The number of hydrogen-bond donors (Lipinski definition) is 1. The quantitative estimate of drug-likeness (QED) is 0.915. The molecule has 1 N–H and O–H groups in total. The lowest BCUT2D eigenvalue weighted by Gasteiger charge is -2.33. The van der Waals surface area contributed by atoms with Gasteiger partial charge in [0.25, 0.3) is 0 Å². The van der Waals surface area contributed by atoms with Crippen molar-refractivity contribution in [2.45, 2.75) is 32.2 Å². The van der Waals surface area contributed by atoms with Crippen LogP contribution in [0.4, 0.5) is 5.69 Å². The minimum atomic E-state index is 0.572. The Bertz CT molecular complexity index is 542. The maximum absolute atomic E-state index is 4.15. The lowest BCUT2D eigenvalue weighted by Crippen LogP contribution is -2.39. The summed E-state index contributed by atoms with van der Waals surface area (Å²) >= 11 is 0. The lowest BCUT2D eigenvalue weighted by molar-refractivity contribution is 0.219. The zero-order valence-corrected chi connectivity index (χ0v) is 12.7. The zero-order valence-electron chi connectivity index (χ0n) is 12.7. The predicted octanol–water partition coefficient (Wildman–Crippen LogP) is 3.16. The fourth-order valence-corrected chi connectivity index (χ4v) is 3.06. The minimum Gasteiger partial charge on any atom is -0.381 e. The molecule has 0 bridgehead atoms. The first-order chi connectivity index (χ1) is 10.4. The number of likely N-dealkylation sites (tertiary alicyclic amines) is 1. The Morgan fingerprint density at radius 3 is 2.76 bits per heavy atom. The van der Waals surface area contributed by atoms with Crippen LogP contribution in [0.2, 0.25) is 0 Å². The summed E-state index contributed by atoms with van der Waals surface area (Å²) in [4.78, 5) is 6.71. The lowest BCUT2D eigenvalue weighted by atomic mass is 10.0. The first-order valence-corrected chi connectivity index (χ1v) is 7.93. The van der Waals surface area contributed by atoms with Crippen LogP contribution in [0.3, 0.4) is 0 Å². The summed E-state index contributed by atoms with van der Waals surface area (Å²) in [6, 6.07) is 9.03. The van der Waals surface area contributed by atoms with Gasteiger partial charge in [0.2, 0.25) is 0 Å². The van der Waals surface area contributed by atoms with Gasteiger partial charge in [-0.1, -0.05) is 19.1 Å². The molecule has 4 nitrogen and oxygen atoms in total. The second-order valence-electron chi connectivity index (χ2n) is 5.75. The summed E-state index contributed by atoms with van der Waals surface area (Å²) in [6.07, 6.45) is 9.35. The average Bonchev–Trinajstić information content (AvgIpc) is 3.04. The van der Waals surface area contributed by atoms with E-state index in [1.165, 1.54) is 50.3 Å². The molecule has 0 saturated carbocycles. The normalized spacial score (nSPS) is 17.0. The molecule has 0 radical (unpaired) electrons. The molecule has 0 spiro atoms. The number of piperidine rings is 1. The molecule has 3 rings (SSSR count). The average molecular weight is 284 g/mol. The van der Waals surface area contributed by atoms with Crippen LogP contribution in [0, 0.1) is 0 Å². The Balaban J connectivity index is 1.66. The number of benzene rings is 1. The molecule has 4 heteroatoms. The van der Waals surface area contributed by atoms with Crippen molar-refractivity contribution in [2.75, 3.05) is 25.0 Å². The van der Waals surface area contributed by atoms with E-state index in [1.54, 1.807) is 0 Å². The van der Waals surface area contributed by atoms with Crippen molar-refractivity contribution in [3.63, 3.8) is 0 Å². The van der Waals surface area contributed by atoms with Gasteiger partial charge in [0.05, 0.1) is 17.7 Å². The summed E-state index contributed by atoms with van der Waals surface area (Å²) in [5.74, 6) is 0. The molecule has 21 heavy (non-hydrogen) atoms. The standard InChI is InChI=1S/C17H24N4/c1-2-10-20-11-7-15(8-12-20)19-16-5-3-4-6-17(16)21-13-9-18-14-21/h3-6,9,13-15,19H,2,7-8,10-12H2,1H3. The summed E-state index contributed by atoms with van der Waals surface area (Å²) in [5, 5.41) is 3.73. The van der Waals surface area contributed by atoms with E-state index in [0.717, 1.165) is 0 Å². The van der Waals surface area contributed by atoms with E-state index < -0.39 is 0 Å². The van der Waals surface area contributed by atoms with E-state index >= 15 is 0 Å². The smallest absolute Gasteiger partial charge is 0.0992 e. The van der Waals surface area contributed by atoms with Gasteiger partial charge in [-0.15, -0.1) is 0 Å². The summed E-state index contributed by atoms with van der Waals surface area (Å²) in [5.41, 5.74) is 2.37. The highest BCUT2D eigenvalue weighted by Crippen LogP contribution is 2.23. The zero-order chi connectivity index (χ0) is 14.5. The molecule has 1 aromatic carbocycles. The van der Waals surface area contributed by atoms with Crippen molar-refractivity contribution in [1.82, 2.24) is 14.5 Å². The highest BCUT2D eigenvalue weighted by Gasteiger charge is 2.19. The maximum Gasteiger partial charge on any atom is 0.0992 e. The number of rotatable bonds is 5. The Labute approximate surface area is 126 Å². The number of nitrogens with zero attached hydrogens (tertiary/aromatic N) is 3. The van der Waals surface area contributed by atoms with Crippen LogP contribution in [-0.2, 0) is 0 Å². The molecule has 1 saturated heterocycles. The first-order valence-electron chi connectivity index (χ1n) is 7.93. The van der Waals surface area contributed by atoms with Crippen molar-refractivity contribution in [3.05, 3.63) is 43.0 Å². The molecule has 1 aliphatic heterocycles. The Hall–Kier alpha value is -1.81. The number of imidazole rings is 1. The molecule has 0 unspecified atom stereocenters. The van der Waals surface area contributed by atoms with Gasteiger partial charge >= 0.3 is 0 Å². The fraction of sp³-hybridized carbons (Fsp3) is 0.471. The topological polar surface area (TPSA) is 33.1 Å². The van der Waals surface area contributed by atoms with Crippen LogP contribution in [0.1, 0.15) is 26.2 Å². The second-order valence-corrected chi connectivity index (χ2v) is 5.75. The molecule has 1 fully saturated rings. The largest absolute Gasteiger partial charge is 0.381 e. The Morgan fingerprint density at radius 1 is 1.24 bits per heavy atom. The van der Waals surface area contributed by atoms with Crippen LogP contribution < -0.4 is 5.32 Å². The highest BCUT2D eigenvalue weighted by atomic mass is 15.1. The Kier molecular flexibility index (Phi) is 4.55. The van der Waals surface area contributed by atoms with Gasteiger partial charge in [0.1, 0.15) is 0 Å². The van der Waals surface area contributed by atoms with Crippen molar-refractivity contribution in [2.24, 2.45) is 0 Å². The van der Waals surface area contributed by atoms with Crippen LogP contribution in [-0.4, -0.2) is 40.1 Å². The first kappa shape index (κ1) is 14.1. The Morgan fingerprint density at radius 2 is 2.05 bits per heavy atom. The van der Waals surface area contributed by atoms with Gasteiger partial charge in [0, 0.05) is 31.5 Å². The molecular weight excluding hydrogens is 260 g/mol. The van der Waals surface area contributed by atoms with Gasteiger partial charge in [0.15, 0.2) is 0 Å². The van der Waals surface area contributed by atoms with Gasteiger partial charge in [-0.25, -0.2) is 4.98 Å². The van der Waals surface area contributed by atoms with E-state index in [-0.39, 0.29) is 0 Å².